The average molecular weight is 333 g/mol. The Morgan fingerprint density at radius 3 is 2.67 bits per heavy atom. The van der Waals surface area contributed by atoms with E-state index in [1.165, 1.54) is 5.56 Å². The maximum absolute atomic E-state index is 10.7. The van der Waals surface area contributed by atoms with E-state index >= 15 is 0 Å². The average Bonchev–Trinajstić information content (AvgIpc) is 3.13. The zero-order valence-electron chi connectivity index (χ0n) is 14.1. The number of rotatable bonds is 3. The van der Waals surface area contributed by atoms with E-state index in [0.717, 1.165) is 6.42 Å². The van der Waals surface area contributed by atoms with E-state index in [4.69, 9.17) is 9.47 Å². The first-order valence-electron chi connectivity index (χ1n) is 8.98. The molecule has 132 valence electrons. The molecule has 4 rings (SSSR count). The second-order valence-corrected chi connectivity index (χ2v) is 7.71. The second kappa shape index (κ2) is 6.39. The van der Waals surface area contributed by atoms with Crippen LogP contribution in [0.5, 0.6) is 0 Å². The predicted molar refractivity (Wildman–Crippen MR) is 89.9 cm³/mol. The standard InChI is InChI=1S/C19H27NO4/c21-17-11-20(13-18(22)6-8-23-9-7-18)14-19(17)10-16(12-24-19)15-4-2-1-3-5-15/h1-5,16-17,21-22H,6-14H2/t16-,17+,19+/m0/s1. The molecule has 3 atom stereocenters. The lowest BCUT2D eigenvalue weighted by molar-refractivity contribution is -0.0814. The van der Waals surface area contributed by atoms with Crippen LogP contribution < -0.4 is 0 Å². The van der Waals surface area contributed by atoms with Crippen molar-refractivity contribution >= 4 is 0 Å². The van der Waals surface area contributed by atoms with Gasteiger partial charge in [-0.15, -0.1) is 0 Å². The lowest BCUT2D eigenvalue weighted by Gasteiger charge is -2.35. The van der Waals surface area contributed by atoms with Gasteiger partial charge in [-0.1, -0.05) is 30.3 Å². The van der Waals surface area contributed by atoms with Crippen LogP contribution in [0.1, 0.15) is 30.7 Å². The summed E-state index contributed by atoms with van der Waals surface area (Å²) in [4.78, 5) is 2.17. The van der Waals surface area contributed by atoms with Crippen LogP contribution in [0.2, 0.25) is 0 Å². The molecular formula is C19H27NO4. The van der Waals surface area contributed by atoms with E-state index in [1.54, 1.807) is 0 Å². The molecule has 3 saturated heterocycles. The van der Waals surface area contributed by atoms with Gasteiger partial charge in [-0.25, -0.2) is 0 Å². The Balaban J connectivity index is 1.42. The van der Waals surface area contributed by atoms with Gasteiger partial charge in [0.15, 0.2) is 0 Å². The van der Waals surface area contributed by atoms with Gasteiger partial charge in [-0.3, -0.25) is 4.90 Å². The number of aliphatic hydroxyl groups excluding tert-OH is 1. The van der Waals surface area contributed by atoms with Gasteiger partial charge in [0.2, 0.25) is 0 Å². The first kappa shape index (κ1) is 16.5. The number of likely N-dealkylation sites (tertiary alicyclic amines) is 1. The summed E-state index contributed by atoms with van der Waals surface area (Å²) in [6.45, 7) is 3.75. The third-order valence-corrected chi connectivity index (χ3v) is 5.91. The van der Waals surface area contributed by atoms with Gasteiger partial charge in [-0.05, 0) is 12.0 Å². The molecule has 0 unspecified atom stereocenters. The molecule has 3 aliphatic rings. The molecule has 0 aromatic heterocycles. The minimum atomic E-state index is -0.694. The van der Waals surface area contributed by atoms with E-state index in [2.05, 4.69) is 29.2 Å². The predicted octanol–water partition coefficient (Wildman–Crippen LogP) is 1.15. The molecule has 24 heavy (non-hydrogen) atoms. The molecule has 2 N–H and O–H groups in total. The minimum Gasteiger partial charge on any atom is -0.389 e. The summed E-state index contributed by atoms with van der Waals surface area (Å²) in [6, 6.07) is 10.4. The van der Waals surface area contributed by atoms with Crippen molar-refractivity contribution in [1.29, 1.82) is 0 Å². The molecule has 5 nitrogen and oxygen atoms in total. The lowest BCUT2D eigenvalue weighted by atomic mass is 9.87. The fraction of sp³-hybridized carbons (Fsp3) is 0.684. The van der Waals surface area contributed by atoms with Gasteiger partial charge < -0.3 is 19.7 Å². The Kier molecular flexibility index (Phi) is 4.39. The van der Waals surface area contributed by atoms with Gasteiger partial charge in [0, 0.05) is 51.6 Å². The van der Waals surface area contributed by atoms with Crippen molar-refractivity contribution in [2.45, 2.75) is 42.5 Å². The normalized spacial score (nSPS) is 36.4. The Morgan fingerprint density at radius 2 is 1.92 bits per heavy atom. The highest BCUT2D eigenvalue weighted by Gasteiger charge is 2.53. The third-order valence-electron chi connectivity index (χ3n) is 5.91. The van der Waals surface area contributed by atoms with Crippen molar-refractivity contribution in [3.05, 3.63) is 35.9 Å². The molecule has 0 saturated carbocycles. The third kappa shape index (κ3) is 3.11. The Morgan fingerprint density at radius 1 is 1.17 bits per heavy atom. The number of nitrogens with zero attached hydrogens (tertiary/aromatic N) is 1. The zero-order chi connectivity index (χ0) is 16.6. The first-order chi connectivity index (χ1) is 11.6. The summed E-state index contributed by atoms with van der Waals surface area (Å²) in [5.41, 5.74) is 0.103. The number of benzene rings is 1. The van der Waals surface area contributed by atoms with Gasteiger partial charge in [-0.2, -0.15) is 0 Å². The summed E-state index contributed by atoms with van der Waals surface area (Å²) in [5.74, 6) is 0.340. The minimum absolute atomic E-state index is 0.340. The van der Waals surface area contributed by atoms with Crippen molar-refractivity contribution in [2.24, 2.45) is 0 Å². The van der Waals surface area contributed by atoms with Crippen LogP contribution in [0.3, 0.4) is 0 Å². The van der Waals surface area contributed by atoms with Crippen LogP contribution in [0.4, 0.5) is 0 Å². The molecule has 3 fully saturated rings. The molecule has 1 aromatic rings. The second-order valence-electron chi connectivity index (χ2n) is 7.71. The van der Waals surface area contributed by atoms with Crippen molar-refractivity contribution in [3.63, 3.8) is 0 Å². The smallest absolute Gasteiger partial charge is 0.109 e. The molecule has 3 heterocycles. The summed E-state index contributed by atoms with van der Waals surface area (Å²) in [7, 11) is 0. The van der Waals surface area contributed by atoms with Crippen LogP contribution in [0, 0.1) is 0 Å². The molecule has 1 spiro atoms. The van der Waals surface area contributed by atoms with Crippen molar-refractivity contribution in [2.75, 3.05) is 39.5 Å². The molecule has 3 aliphatic heterocycles. The molecular weight excluding hydrogens is 306 g/mol. The number of hydrogen-bond acceptors (Lipinski definition) is 5. The van der Waals surface area contributed by atoms with Gasteiger partial charge in [0.25, 0.3) is 0 Å². The Bertz CT molecular complexity index is 560. The summed E-state index contributed by atoms with van der Waals surface area (Å²) in [6.07, 6.45) is 1.69. The monoisotopic (exact) mass is 333 g/mol. The summed E-state index contributed by atoms with van der Waals surface area (Å²) >= 11 is 0. The van der Waals surface area contributed by atoms with E-state index in [-0.39, 0.29) is 0 Å². The highest BCUT2D eigenvalue weighted by atomic mass is 16.5. The summed E-state index contributed by atoms with van der Waals surface area (Å²) in [5, 5.41) is 21.4. The van der Waals surface area contributed by atoms with Crippen molar-refractivity contribution in [3.8, 4) is 0 Å². The van der Waals surface area contributed by atoms with E-state index < -0.39 is 17.3 Å². The molecule has 0 amide bonds. The van der Waals surface area contributed by atoms with E-state index in [0.29, 0.717) is 58.2 Å². The van der Waals surface area contributed by atoms with Crippen molar-refractivity contribution in [1.82, 2.24) is 4.90 Å². The van der Waals surface area contributed by atoms with Crippen LogP contribution >= 0.6 is 0 Å². The van der Waals surface area contributed by atoms with Gasteiger partial charge >= 0.3 is 0 Å². The zero-order valence-corrected chi connectivity index (χ0v) is 14.1. The lowest BCUT2D eigenvalue weighted by Crippen LogP contribution is -2.47. The molecule has 0 bridgehead atoms. The van der Waals surface area contributed by atoms with E-state index in [9.17, 15) is 10.2 Å². The Hall–Kier alpha value is -0.980. The topological polar surface area (TPSA) is 62.2 Å². The maximum Gasteiger partial charge on any atom is 0.109 e. The van der Waals surface area contributed by atoms with Crippen LogP contribution in [-0.2, 0) is 9.47 Å². The van der Waals surface area contributed by atoms with Crippen LogP contribution in [0.25, 0.3) is 0 Å². The van der Waals surface area contributed by atoms with Gasteiger partial charge in [0.1, 0.15) is 5.60 Å². The molecule has 1 aromatic carbocycles. The van der Waals surface area contributed by atoms with Gasteiger partial charge in [0.05, 0.1) is 18.3 Å². The Labute approximate surface area is 143 Å². The molecule has 5 heteroatoms. The number of β-amino-alcohol motifs (C(OH)–C–C–N with tert-alkyl or cyclic N) is 2. The van der Waals surface area contributed by atoms with E-state index in [1.807, 2.05) is 6.07 Å². The van der Waals surface area contributed by atoms with Crippen molar-refractivity contribution < 1.29 is 19.7 Å². The summed E-state index contributed by atoms with van der Waals surface area (Å²) < 4.78 is 11.5. The fourth-order valence-corrected chi connectivity index (χ4v) is 4.49. The number of ether oxygens (including phenoxy) is 2. The van der Waals surface area contributed by atoms with Crippen LogP contribution in [-0.4, -0.2) is 71.9 Å². The SMILES string of the molecule is O[C@@H]1CN(CC2(O)CCOCC2)C[C@]12C[C@H](c1ccccc1)CO2. The highest BCUT2D eigenvalue weighted by Crippen LogP contribution is 2.42. The highest BCUT2D eigenvalue weighted by molar-refractivity contribution is 5.23. The largest absolute Gasteiger partial charge is 0.389 e. The first-order valence-corrected chi connectivity index (χ1v) is 8.98. The van der Waals surface area contributed by atoms with Crippen LogP contribution in [0.15, 0.2) is 30.3 Å². The molecule has 0 aliphatic carbocycles. The fourth-order valence-electron chi connectivity index (χ4n) is 4.49. The quantitative estimate of drug-likeness (QED) is 0.869. The number of hydrogen-bond donors (Lipinski definition) is 2. The maximum atomic E-state index is 10.7. The number of aliphatic hydroxyl groups is 2. The molecule has 0 radical (unpaired) electrons.